The third kappa shape index (κ3) is 7.87. The maximum atomic E-state index is 14.2. The number of urea groups is 1. The summed E-state index contributed by atoms with van der Waals surface area (Å²) in [5.74, 6) is -1.04. The van der Waals surface area contributed by atoms with E-state index < -0.39 is 35.6 Å². The lowest BCUT2D eigenvalue weighted by Crippen LogP contribution is -2.31. The van der Waals surface area contributed by atoms with E-state index in [1.807, 2.05) is 38.1 Å². The number of carbonyl (C=O) groups excluding carboxylic acids is 2. The molecule has 1 N–H and O–H groups in total. The first-order chi connectivity index (χ1) is 22.6. The van der Waals surface area contributed by atoms with Crippen molar-refractivity contribution in [3.05, 3.63) is 72.2 Å². The Bertz CT molecular complexity index is 1860. The van der Waals surface area contributed by atoms with Gasteiger partial charge in [-0.25, -0.2) is 19.4 Å². The van der Waals surface area contributed by atoms with Crippen LogP contribution in [0.15, 0.2) is 66.0 Å². The summed E-state index contributed by atoms with van der Waals surface area (Å²) in [6.07, 6.45) is -6.48. The van der Waals surface area contributed by atoms with Crippen LogP contribution in [0, 0.1) is 0 Å². The molecule has 0 saturated carbocycles. The van der Waals surface area contributed by atoms with Gasteiger partial charge in [0, 0.05) is 25.3 Å². The Morgan fingerprint density at radius 3 is 2.48 bits per heavy atom. The summed E-state index contributed by atoms with van der Waals surface area (Å²) in [7, 11) is 3.67. The van der Waals surface area contributed by atoms with E-state index in [-0.39, 0.29) is 34.0 Å². The lowest BCUT2D eigenvalue weighted by molar-refractivity contribution is -0.274. The Hall–Kier alpha value is -5.13. The molecule has 4 aromatic rings. The number of thioether (sulfide) groups is 1. The van der Waals surface area contributed by atoms with Crippen molar-refractivity contribution in [2.75, 3.05) is 35.0 Å². The van der Waals surface area contributed by atoms with Crippen LogP contribution in [0.4, 0.5) is 48.2 Å². The molecule has 2 aromatic carbocycles. The molecule has 252 valence electrons. The Morgan fingerprint density at radius 2 is 1.83 bits per heavy atom. The number of halogens is 6. The highest BCUT2D eigenvalue weighted by Gasteiger charge is 2.36. The lowest BCUT2D eigenvalue weighted by atomic mass is 10.1. The summed E-state index contributed by atoms with van der Waals surface area (Å²) in [6, 6.07) is 9.61. The van der Waals surface area contributed by atoms with Crippen molar-refractivity contribution in [1.29, 1.82) is 0 Å². The summed E-state index contributed by atoms with van der Waals surface area (Å²) in [5, 5.41) is 6.28. The number of anilines is 3. The van der Waals surface area contributed by atoms with E-state index in [4.69, 9.17) is 0 Å². The number of benzene rings is 2. The van der Waals surface area contributed by atoms with Gasteiger partial charge in [0.15, 0.2) is 16.8 Å². The number of amidine groups is 1. The van der Waals surface area contributed by atoms with Gasteiger partial charge in [0.25, 0.3) is 0 Å². The van der Waals surface area contributed by atoms with Crippen LogP contribution in [-0.2, 0) is 17.4 Å². The van der Waals surface area contributed by atoms with Gasteiger partial charge in [-0.2, -0.15) is 18.2 Å². The number of aromatic nitrogens is 4. The fourth-order valence-electron chi connectivity index (χ4n) is 4.67. The summed E-state index contributed by atoms with van der Waals surface area (Å²) < 4.78 is 84.6. The molecule has 0 aliphatic carbocycles. The molecule has 1 fully saturated rings. The molecule has 1 aliphatic rings. The van der Waals surface area contributed by atoms with E-state index in [2.05, 4.69) is 30.1 Å². The zero-order chi connectivity index (χ0) is 34.8. The van der Waals surface area contributed by atoms with Crippen LogP contribution in [-0.4, -0.2) is 63.1 Å². The molecule has 3 amide bonds. The van der Waals surface area contributed by atoms with Gasteiger partial charge < -0.3 is 15.0 Å². The number of ether oxygens (including phenoxy) is 1. The largest absolute Gasteiger partial charge is 0.573 e. The minimum Gasteiger partial charge on any atom is -0.404 e. The number of carbonyl (C=O) groups is 2. The number of nitrogens with one attached hydrogen (secondary N) is 1. The molecule has 0 radical (unpaired) electrons. The van der Waals surface area contributed by atoms with Crippen molar-refractivity contribution in [3.8, 4) is 23.0 Å². The second-order valence-electron chi connectivity index (χ2n) is 10.5. The number of amides is 3. The molecular weight excluding hydrogens is 666 g/mol. The van der Waals surface area contributed by atoms with Gasteiger partial charge in [-0.1, -0.05) is 31.2 Å². The highest BCUT2D eigenvalue weighted by molar-refractivity contribution is 8.15. The molecule has 11 nitrogen and oxygen atoms in total. The summed E-state index contributed by atoms with van der Waals surface area (Å²) in [4.78, 5) is 40.9. The van der Waals surface area contributed by atoms with Gasteiger partial charge in [-0.05, 0) is 54.4 Å². The van der Waals surface area contributed by atoms with Crippen molar-refractivity contribution in [3.63, 3.8) is 0 Å². The zero-order valence-corrected chi connectivity index (χ0v) is 26.2. The average Bonchev–Trinajstić information content (AvgIpc) is 3.64. The van der Waals surface area contributed by atoms with Gasteiger partial charge in [-0.15, -0.1) is 18.3 Å². The molecule has 0 bridgehead atoms. The monoisotopic (exact) mass is 692 g/mol. The number of aryl methyl sites for hydroxylation is 1. The Balaban J connectivity index is 1.39. The molecule has 0 unspecified atom stereocenters. The zero-order valence-electron chi connectivity index (χ0n) is 25.4. The fraction of sp³-hybridized carbons (Fsp3) is 0.267. The Kier molecular flexibility index (Phi) is 9.65. The van der Waals surface area contributed by atoms with E-state index in [1.165, 1.54) is 11.0 Å². The highest BCUT2D eigenvalue weighted by Crippen LogP contribution is 2.38. The molecule has 5 rings (SSSR count). The van der Waals surface area contributed by atoms with E-state index >= 15 is 0 Å². The van der Waals surface area contributed by atoms with Crippen LogP contribution in [0.3, 0.4) is 0 Å². The van der Waals surface area contributed by atoms with E-state index in [1.54, 1.807) is 6.07 Å². The minimum absolute atomic E-state index is 0.00693. The van der Waals surface area contributed by atoms with Crippen LogP contribution in [0.1, 0.15) is 24.5 Å². The van der Waals surface area contributed by atoms with Crippen LogP contribution in [0.5, 0.6) is 5.75 Å². The molecule has 48 heavy (non-hydrogen) atoms. The van der Waals surface area contributed by atoms with Gasteiger partial charge in [0.2, 0.25) is 5.91 Å². The van der Waals surface area contributed by atoms with E-state index in [0.29, 0.717) is 12.1 Å². The van der Waals surface area contributed by atoms with Crippen LogP contribution < -0.4 is 19.9 Å². The van der Waals surface area contributed by atoms with Gasteiger partial charge in [0.1, 0.15) is 12.1 Å². The normalized spacial score (nSPS) is 14.5. The highest BCUT2D eigenvalue weighted by atomic mass is 32.2. The molecular formula is C30H26F6N8O3S. The van der Waals surface area contributed by atoms with Crippen molar-refractivity contribution < 1.29 is 40.7 Å². The maximum absolute atomic E-state index is 14.2. The molecule has 18 heteroatoms. The average molecular weight is 693 g/mol. The van der Waals surface area contributed by atoms with Gasteiger partial charge in [-0.3, -0.25) is 9.69 Å². The Morgan fingerprint density at radius 1 is 1.06 bits per heavy atom. The summed E-state index contributed by atoms with van der Waals surface area (Å²) >= 11 is 0.995. The van der Waals surface area contributed by atoms with Crippen molar-refractivity contribution in [1.82, 2.24) is 19.7 Å². The predicted octanol–water partition coefficient (Wildman–Crippen LogP) is 6.93. The first-order valence-corrected chi connectivity index (χ1v) is 15.1. The minimum atomic E-state index is -4.92. The number of pyridine rings is 1. The van der Waals surface area contributed by atoms with Crippen molar-refractivity contribution >= 4 is 45.9 Å². The summed E-state index contributed by atoms with van der Waals surface area (Å²) in [5.41, 5.74) is 0.308. The second-order valence-corrected chi connectivity index (χ2v) is 11.4. The standard InChI is InChI=1S/C30H26F6N8O3S/c1-4-5-17-6-8-19(42(2)3)13-23(17)44-25(45)15-48-28(44)40-27(46)39-22-10-7-18(12-21(22)29(31,32)33)26-38-16-43(41-26)24-11-9-20(14-37-24)47-30(34,35)36/h6-14,16H,4-5,15H2,1-3H3,(H,39,46). The predicted molar refractivity (Wildman–Crippen MR) is 167 cm³/mol. The van der Waals surface area contributed by atoms with Gasteiger partial charge >= 0.3 is 18.6 Å². The molecule has 1 saturated heterocycles. The molecule has 0 spiro atoms. The second kappa shape index (κ2) is 13.5. The van der Waals surface area contributed by atoms with Crippen molar-refractivity contribution in [2.24, 2.45) is 4.99 Å². The van der Waals surface area contributed by atoms with Crippen molar-refractivity contribution in [2.45, 2.75) is 32.3 Å². The number of hydrogen-bond acceptors (Lipinski definition) is 8. The van der Waals surface area contributed by atoms with Crippen LogP contribution in [0.2, 0.25) is 0 Å². The molecule has 3 heterocycles. The molecule has 0 atom stereocenters. The Labute approximate surface area is 273 Å². The first kappa shape index (κ1) is 34.2. The van der Waals surface area contributed by atoms with Crippen LogP contribution in [0.25, 0.3) is 17.2 Å². The van der Waals surface area contributed by atoms with Crippen LogP contribution >= 0.6 is 11.8 Å². The summed E-state index contributed by atoms with van der Waals surface area (Å²) in [6.45, 7) is 1.98. The SMILES string of the molecule is CCCc1ccc(N(C)C)cc1N1C(=O)CSC1=NC(=O)Nc1ccc(-c2ncn(-c3ccc(OC(F)(F)F)cn3)n2)cc1C(F)(F)F. The number of alkyl halides is 6. The third-order valence-electron chi connectivity index (χ3n) is 6.81. The number of hydrogen-bond donors (Lipinski definition) is 1. The smallest absolute Gasteiger partial charge is 0.404 e. The lowest BCUT2D eigenvalue weighted by Gasteiger charge is -2.23. The maximum Gasteiger partial charge on any atom is 0.573 e. The molecule has 1 aliphatic heterocycles. The fourth-order valence-corrected chi connectivity index (χ4v) is 5.52. The topological polar surface area (TPSA) is 118 Å². The number of rotatable bonds is 8. The van der Waals surface area contributed by atoms with E-state index in [9.17, 15) is 35.9 Å². The van der Waals surface area contributed by atoms with Gasteiger partial charge in [0.05, 0.1) is 28.9 Å². The first-order valence-electron chi connectivity index (χ1n) is 14.1. The van der Waals surface area contributed by atoms with E-state index in [0.717, 1.165) is 70.9 Å². The third-order valence-corrected chi connectivity index (χ3v) is 7.74. The number of aliphatic imine (C=N–C) groups is 1. The quantitative estimate of drug-likeness (QED) is 0.198. The molecule has 2 aromatic heterocycles. The number of nitrogens with zero attached hydrogens (tertiary/aromatic N) is 7.